The fourth-order valence-corrected chi connectivity index (χ4v) is 1.91. The lowest BCUT2D eigenvalue weighted by molar-refractivity contribution is 1.33. The van der Waals surface area contributed by atoms with Gasteiger partial charge in [-0.2, -0.15) is 0 Å². The van der Waals surface area contributed by atoms with E-state index in [1.807, 2.05) is 18.2 Å². The number of benzene rings is 1. The van der Waals surface area contributed by atoms with Gasteiger partial charge in [-0.15, -0.1) is 0 Å². The second kappa shape index (κ2) is 3.87. The van der Waals surface area contributed by atoms with Gasteiger partial charge in [-0.1, -0.05) is 12.1 Å². The maximum Gasteiger partial charge on any atom is 0.131 e. The van der Waals surface area contributed by atoms with E-state index in [-0.39, 0.29) is 0 Å². The Kier molecular flexibility index (Phi) is 2.22. The third kappa shape index (κ3) is 1.72. The summed E-state index contributed by atoms with van der Waals surface area (Å²) in [6.45, 7) is 0. The average molecular weight is 221 g/mol. The van der Waals surface area contributed by atoms with E-state index < -0.39 is 0 Å². The Morgan fingerprint density at radius 2 is 1.65 bits per heavy atom. The highest BCUT2D eigenvalue weighted by atomic mass is 14.8. The minimum atomic E-state index is 0.568. The first-order valence-corrected chi connectivity index (χ1v) is 5.39. The number of fused-ring (bicyclic) bond motifs is 1. The molecule has 0 unspecified atom stereocenters. The zero-order valence-electron chi connectivity index (χ0n) is 9.17. The summed E-state index contributed by atoms with van der Waals surface area (Å²) in [5, 5.41) is 2.09. The fourth-order valence-electron chi connectivity index (χ4n) is 1.91. The van der Waals surface area contributed by atoms with Crippen molar-refractivity contribution in [3.63, 3.8) is 0 Å². The maximum atomic E-state index is 5.88. The Morgan fingerprint density at radius 1 is 0.824 bits per heavy atom. The number of hydrogen-bond acceptors (Lipinski definition) is 3. The van der Waals surface area contributed by atoms with Crippen LogP contribution < -0.4 is 5.73 Å². The van der Waals surface area contributed by atoms with Gasteiger partial charge in [0.15, 0.2) is 0 Å². The molecular formula is C14H11N3. The zero-order chi connectivity index (χ0) is 11.7. The first kappa shape index (κ1) is 9.78. The molecule has 2 N–H and O–H groups in total. The van der Waals surface area contributed by atoms with Gasteiger partial charge in [0.2, 0.25) is 0 Å². The molecule has 3 heteroatoms. The Balaban J connectivity index is 2.23. The molecule has 0 saturated carbocycles. The molecule has 0 bridgehead atoms. The number of pyridine rings is 2. The Labute approximate surface area is 98.9 Å². The van der Waals surface area contributed by atoms with Crippen LogP contribution in [-0.4, -0.2) is 9.97 Å². The minimum Gasteiger partial charge on any atom is -0.383 e. The molecule has 17 heavy (non-hydrogen) atoms. The van der Waals surface area contributed by atoms with Gasteiger partial charge in [-0.25, -0.2) is 4.98 Å². The van der Waals surface area contributed by atoms with Crippen molar-refractivity contribution in [2.24, 2.45) is 0 Å². The molecular weight excluding hydrogens is 210 g/mol. The highest BCUT2D eigenvalue weighted by Crippen LogP contribution is 2.26. The van der Waals surface area contributed by atoms with Gasteiger partial charge in [0, 0.05) is 24.0 Å². The molecule has 0 atom stereocenters. The average Bonchev–Trinajstić information content (AvgIpc) is 2.40. The first-order chi connectivity index (χ1) is 8.34. The van der Waals surface area contributed by atoms with E-state index in [1.54, 1.807) is 18.6 Å². The number of aromatic nitrogens is 2. The third-order valence-corrected chi connectivity index (χ3v) is 2.81. The van der Waals surface area contributed by atoms with Gasteiger partial charge in [0.1, 0.15) is 5.82 Å². The van der Waals surface area contributed by atoms with E-state index in [1.165, 1.54) is 0 Å². The Bertz CT molecular complexity index is 663. The van der Waals surface area contributed by atoms with Crippen LogP contribution in [0.5, 0.6) is 0 Å². The summed E-state index contributed by atoms with van der Waals surface area (Å²) in [5.74, 6) is 0.568. The molecule has 3 nitrogen and oxygen atoms in total. The van der Waals surface area contributed by atoms with E-state index in [0.29, 0.717) is 5.82 Å². The van der Waals surface area contributed by atoms with Crippen LogP contribution in [0.3, 0.4) is 0 Å². The van der Waals surface area contributed by atoms with Crippen molar-refractivity contribution in [3.8, 4) is 11.1 Å². The Hall–Kier alpha value is -2.42. The molecule has 0 fully saturated rings. The lowest BCUT2D eigenvalue weighted by Crippen LogP contribution is -1.91. The van der Waals surface area contributed by atoms with Crippen molar-refractivity contribution in [1.29, 1.82) is 0 Å². The van der Waals surface area contributed by atoms with Crippen molar-refractivity contribution in [2.45, 2.75) is 0 Å². The second-order valence-electron chi connectivity index (χ2n) is 3.87. The predicted octanol–water partition coefficient (Wildman–Crippen LogP) is 2.88. The van der Waals surface area contributed by atoms with Crippen molar-refractivity contribution in [1.82, 2.24) is 9.97 Å². The molecule has 0 aliphatic rings. The highest BCUT2D eigenvalue weighted by molar-refractivity contribution is 5.94. The lowest BCUT2D eigenvalue weighted by Gasteiger charge is -2.05. The molecule has 0 aliphatic carbocycles. The molecule has 0 radical (unpaired) electrons. The molecule has 3 rings (SSSR count). The van der Waals surface area contributed by atoms with Crippen LogP contribution in [0, 0.1) is 0 Å². The van der Waals surface area contributed by atoms with Gasteiger partial charge in [-0.3, -0.25) is 4.98 Å². The minimum absolute atomic E-state index is 0.568. The number of nitrogens with zero attached hydrogens (tertiary/aromatic N) is 2. The van der Waals surface area contributed by atoms with Crippen LogP contribution in [0.1, 0.15) is 0 Å². The molecule has 0 amide bonds. The van der Waals surface area contributed by atoms with Gasteiger partial charge < -0.3 is 5.73 Å². The Morgan fingerprint density at radius 3 is 2.47 bits per heavy atom. The number of nitrogen functional groups attached to an aromatic ring is 1. The molecule has 82 valence electrons. The highest BCUT2D eigenvalue weighted by Gasteiger charge is 2.02. The van der Waals surface area contributed by atoms with Crippen LogP contribution in [0.25, 0.3) is 21.9 Å². The summed E-state index contributed by atoms with van der Waals surface area (Å²) >= 11 is 0. The number of rotatable bonds is 1. The predicted molar refractivity (Wildman–Crippen MR) is 69.4 cm³/mol. The van der Waals surface area contributed by atoms with E-state index in [2.05, 4.69) is 28.2 Å². The van der Waals surface area contributed by atoms with E-state index in [0.717, 1.165) is 21.9 Å². The van der Waals surface area contributed by atoms with Crippen molar-refractivity contribution >= 4 is 16.6 Å². The fraction of sp³-hybridized carbons (Fsp3) is 0. The molecule has 2 heterocycles. The SMILES string of the molecule is Nc1nccc2ccc(-c3ccncc3)cc12. The summed E-state index contributed by atoms with van der Waals surface area (Å²) in [7, 11) is 0. The monoisotopic (exact) mass is 221 g/mol. The van der Waals surface area contributed by atoms with Crippen molar-refractivity contribution in [3.05, 3.63) is 55.0 Å². The van der Waals surface area contributed by atoms with Crippen LogP contribution in [0.2, 0.25) is 0 Å². The summed E-state index contributed by atoms with van der Waals surface area (Å²) in [6.07, 6.45) is 5.29. The van der Waals surface area contributed by atoms with Crippen molar-refractivity contribution in [2.75, 3.05) is 5.73 Å². The van der Waals surface area contributed by atoms with Crippen LogP contribution >= 0.6 is 0 Å². The molecule has 0 spiro atoms. The zero-order valence-corrected chi connectivity index (χ0v) is 9.17. The summed E-state index contributed by atoms with van der Waals surface area (Å²) in [5.41, 5.74) is 8.13. The number of nitrogens with two attached hydrogens (primary N) is 1. The van der Waals surface area contributed by atoms with Crippen LogP contribution in [0.4, 0.5) is 5.82 Å². The summed E-state index contributed by atoms with van der Waals surface area (Å²) in [6, 6.07) is 12.1. The van der Waals surface area contributed by atoms with Gasteiger partial charge in [0.25, 0.3) is 0 Å². The van der Waals surface area contributed by atoms with Crippen LogP contribution in [0.15, 0.2) is 55.0 Å². The van der Waals surface area contributed by atoms with Gasteiger partial charge >= 0.3 is 0 Å². The van der Waals surface area contributed by atoms with Gasteiger partial charge in [-0.05, 0) is 40.8 Å². The number of hydrogen-bond donors (Lipinski definition) is 1. The number of anilines is 1. The van der Waals surface area contributed by atoms with Crippen LogP contribution in [-0.2, 0) is 0 Å². The normalized spacial score (nSPS) is 10.6. The van der Waals surface area contributed by atoms with E-state index in [4.69, 9.17) is 5.73 Å². The quantitative estimate of drug-likeness (QED) is 0.687. The maximum absolute atomic E-state index is 5.88. The largest absolute Gasteiger partial charge is 0.383 e. The third-order valence-electron chi connectivity index (χ3n) is 2.81. The summed E-state index contributed by atoms with van der Waals surface area (Å²) < 4.78 is 0. The standard InChI is InChI=1S/C14H11N3/c15-14-13-9-12(10-3-6-16-7-4-10)2-1-11(13)5-8-17-14/h1-9H,(H2,15,17). The molecule has 2 aromatic heterocycles. The smallest absolute Gasteiger partial charge is 0.131 e. The van der Waals surface area contributed by atoms with Gasteiger partial charge in [0.05, 0.1) is 0 Å². The lowest BCUT2D eigenvalue weighted by atomic mass is 10.0. The molecule has 0 saturated heterocycles. The molecule has 1 aromatic carbocycles. The first-order valence-electron chi connectivity index (χ1n) is 5.39. The van der Waals surface area contributed by atoms with E-state index in [9.17, 15) is 0 Å². The van der Waals surface area contributed by atoms with E-state index >= 15 is 0 Å². The van der Waals surface area contributed by atoms with Crippen molar-refractivity contribution < 1.29 is 0 Å². The second-order valence-corrected chi connectivity index (χ2v) is 3.87. The topological polar surface area (TPSA) is 51.8 Å². The summed E-state index contributed by atoms with van der Waals surface area (Å²) in [4.78, 5) is 8.12. The molecule has 0 aliphatic heterocycles. The molecule has 3 aromatic rings.